The molecule has 0 spiro atoms. The molecular formula is C34H32F3N3O8. The van der Waals surface area contributed by atoms with E-state index in [-0.39, 0.29) is 5.56 Å². The molecule has 0 aliphatic carbocycles. The Kier molecular flexibility index (Phi) is 8.43. The van der Waals surface area contributed by atoms with Crippen LogP contribution in [0.3, 0.4) is 0 Å². The highest BCUT2D eigenvalue weighted by Crippen LogP contribution is 2.50. The van der Waals surface area contributed by atoms with Gasteiger partial charge < -0.3 is 29.0 Å². The molecule has 4 atom stereocenters. The SMILES string of the molecule is COc1ccc(C(OC[C@@]23CN(C(=O)C(F)(F)F)[C@@H]([C@H](n4cc(C)c(=O)[nH]c4=O)O2)[C@H]3O)(c2ccccc2)c2ccc(OC)cc2)cc1. The molecule has 48 heavy (non-hydrogen) atoms. The van der Waals surface area contributed by atoms with Crippen molar-refractivity contribution in [1.29, 1.82) is 0 Å². The molecule has 6 rings (SSSR count). The summed E-state index contributed by atoms with van der Waals surface area (Å²) < 4.78 is 66.4. The van der Waals surface area contributed by atoms with Gasteiger partial charge in [0.15, 0.2) is 6.23 Å². The van der Waals surface area contributed by atoms with E-state index in [0.717, 1.165) is 10.8 Å². The number of alkyl halides is 3. The number of aliphatic hydroxyl groups is 1. The molecule has 2 aliphatic heterocycles. The zero-order valence-corrected chi connectivity index (χ0v) is 26.1. The topological polar surface area (TPSA) is 132 Å². The van der Waals surface area contributed by atoms with E-state index in [2.05, 4.69) is 4.98 Å². The van der Waals surface area contributed by atoms with Crippen molar-refractivity contribution in [3.8, 4) is 11.5 Å². The average Bonchev–Trinajstić information content (AvgIpc) is 3.53. The third kappa shape index (κ3) is 5.45. The zero-order valence-electron chi connectivity index (χ0n) is 26.1. The Morgan fingerprint density at radius 1 is 0.938 bits per heavy atom. The predicted molar refractivity (Wildman–Crippen MR) is 165 cm³/mol. The fourth-order valence-electron chi connectivity index (χ4n) is 6.53. The van der Waals surface area contributed by atoms with E-state index in [9.17, 15) is 32.7 Å². The number of aromatic amines is 1. The number of rotatable bonds is 9. The Morgan fingerprint density at radius 2 is 1.48 bits per heavy atom. The number of carbonyl (C=O) groups is 1. The van der Waals surface area contributed by atoms with Crippen molar-refractivity contribution in [1.82, 2.24) is 14.5 Å². The second kappa shape index (κ2) is 12.3. The molecule has 2 saturated heterocycles. The number of amides is 1. The summed E-state index contributed by atoms with van der Waals surface area (Å²) in [6.07, 6.45) is -7.48. The van der Waals surface area contributed by atoms with Crippen LogP contribution < -0.4 is 20.7 Å². The second-order valence-electron chi connectivity index (χ2n) is 11.7. The normalized spacial score (nSPS) is 22.1. The number of likely N-dealkylation sites (tertiary alicyclic amines) is 1. The maximum absolute atomic E-state index is 13.9. The van der Waals surface area contributed by atoms with Gasteiger partial charge in [0.2, 0.25) is 0 Å². The van der Waals surface area contributed by atoms with E-state index in [1.807, 2.05) is 18.2 Å². The molecule has 1 aromatic heterocycles. The first-order valence-corrected chi connectivity index (χ1v) is 14.9. The van der Waals surface area contributed by atoms with Gasteiger partial charge in [0, 0.05) is 11.8 Å². The molecular weight excluding hydrogens is 635 g/mol. The number of benzene rings is 3. The number of hydrogen-bond donors (Lipinski definition) is 2. The first kappa shape index (κ1) is 33.0. The van der Waals surface area contributed by atoms with Gasteiger partial charge in [-0.15, -0.1) is 0 Å². The van der Waals surface area contributed by atoms with E-state index in [4.69, 9.17) is 18.9 Å². The summed E-state index contributed by atoms with van der Waals surface area (Å²) in [5.41, 5.74) is -3.16. The highest BCUT2D eigenvalue weighted by molar-refractivity contribution is 5.83. The highest BCUT2D eigenvalue weighted by Gasteiger charge is 2.68. The minimum absolute atomic E-state index is 0.0663. The van der Waals surface area contributed by atoms with Gasteiger partial charge in [0.05, 0.1) is 27.4 Å². The molecule has 2 aliphatic rings. The van der Waals surface area contributed by atoms with E-state index in [0.29, 0.717) is 33.1 Å². The Hall–Kier alpha value is -4.92. The molecule has 3 heterocycles. The number of aryl methyl sites for hydroxylation is 1. The number of carbonyl (C=O) groups excluding carboxylic acids is 1. The fraction of sp³-hybridized carbons (Fsp3) is 0.324. The van der Waals surface area contributed by atoms with Crippen molar-refractivity contribution in [2.45, 2.75) is 42.7 Å². The smallest absolute Gasteiger partial charge is 0.471 e. The Balaban J connectivity index is 1.50. The van der Waals surface area contributed by atoms with Crippen LogP contribution in [0.2, 0.25) is 0 Å². The lowest BCUT2D eigenvalue weighted by Gasteiger charge is -2.41. The Morgan fingerprint density at radius 3 is 2.00 bits per heavy atom. The van der Waals surface area contributed by atoms with Crippen molar-refractivity contribution in [3.63, 3.8) is 0 Å². The monoisotopic (exact) mass is 667 g/mol. The van der Waals surface area contributed by atoms with Gasteiger partial charge in [-0.25, -0.2) is 4.79 Å². The van der Waals surface area contributed by atoms with E-state index in [1.165, 1.54) is 21.1 Å². The maximum Gasteiger partial charge on any atom is 0.471 e. The molecule has 2 fully saturated rings. The van der Waals surface area contributed by atoms with Crippen LogP contribution in [-0.2, 0) is 19.9 Å². The van der Waals surface area contributed by atoms with Gasteiger partial charge in [0.1, 0.15) is 34.8 Å². The van der Waals surface area contributed by atoms with E-state index in [1.54, 1.807) is 60.7 Å². The number of fused-ring (bicyclic) bond motifs is 2. The largest absolute Gasteiger partial charge is 0.497 e. The van der Waals surface area contributed by atoms with Crippen LogP contribution >= 0.6 is 0 Å². The summed E-state index contributed by atoms with van der Waals surface area (Å²) in [7, 11) is 3.04. The fourth-order valence-corrected chi connectivity index (χ4v) is 6.53. The van der Waals surface area contributed by atoms with Crippen molar-refractivity contribution in [2.24, 2.45) is 0 Å². The van der Waals surface area contributed by atoms with Crippen LogP contribution in [0.5, 0.6) is 11.5 Å². The quantitative estimate of drug-likeness (QED) is 0.260. The van der Waals surface area contributed by atoms with Gasteiger partial charge >= 0.3 is 17.8 Å². The summed E-state index contributed by atoms with van der Waals surface area (Å²) >= 11 is 0. The molecule has 0 unspecified atom stereocenters. The first-order chi connectivity index (χ1) is 22.8. The standard InChI is InChI=1S/C34H32F3N3O8/c1-20-17-39(31(44)38-28(20)42)29-26-27(41)32(48-29,18-40(26)30(43)34(35,36)37)19-47-33(21-7-5-4-6-8-21,22-9-13-24(45-2)14-10-22)23-11-15-25(46-3)16-12-23/h4-17,26-27,29,41H,18-19H2,1-3H3,(H,38,42,44)/t26-,27-,29-,32-/m1/s1. The Labute approximate surface area is 272 Å². The molecule has 14 heteroatoms. The summed E-state index contributed by atoms with van der Waals surface area (Å²) in [6.45, 7) is 0.168. The van der Waals surface area contributed by atoms with Crippen molar-refractivity contribution in [2.75, 3.05) is 27.4 Å². The number of aliphatic hydroxyl groups excluding tert-OH is 1. The van der Waals surface area contributed by atoms with E-state index < -0.39 is 66.1 Å². The molecule has 11 nitrogen and oxygen atoms in total. The summed E-state index contributed by atoms with van der Waals surface area (Å²) in [6, 6.07) is 21.5. The molecule has 252 valence electrons. The minimum atomic E-state index is -5.29. The summed E-state index contributed by atoms with van der Waals surface area (Å²) in [5.74, 6) is -1.09. The maximum atomic E-state index is 13.9. The average molecular weight is 668 g/mol. The minimum Gasteiger partial charge on any atom is -0.497 e. The number of halogens is 3. The molecule has 3 aromatic carbocycles. The van der Waals surface area contributed by atoms with Crippen molar-refractivity contribution < 1.29 is 42.0 Å². The summed E-state index contributed by atoms with van der Waals surface area (Å²) in [5, 5.41) is 11.7. The van der Waals surface area contributed by atoms with Crippen LogP contribution in [0, 0.1) is 6.92 Å². The second-order valence-corrected chi connectivity index (χ2v) is 11.7. The third-order valence-corrected chi connectivity index (χ3v) is 8.94. The number of nitrogens with zero attached hydrogens (tertiary/aromatic N) is 2. The number of nitrogens with one attached hydrogen (secondary N) is 1. The number of aromatic nitrogens is 2. The lowest BCUT2D eigenvalue weighted by Crippen LogP contribution is -2.55. The molecule has 1 amide bonds. The number of hydrogen-bond acceptors (Lipinski definition) is 8. The summed E-state index contributed by atoms with van der Waals surface area (Å²) in [4.78, 5) is 40.3. The molecule has 4 aromatic rings. The molecule has 0 radical (unpaired) electrons. The number of H-pyrrole nitrogens is 1. The first-order valence-electron chi connectivity index (χ1n) is 14.9. The van der Waals surface area contributed by atoms with Crippen molar-refractivity contribution in [3.05, 3.63) is 128 Å². The van der Waals surface area contributed by atoms with Gasteiger partial charge in [-0.05, 0) is 47.9 Å². The highest BCUT2D eigenvalue weighted by atomic mass is 19.4. The van der Waals surface area contributed by atoms with Crippen LogP contribution in [0.1, 0.15) is 28.5 Å². The lowest BCUT2D eigenvalue weighted by molar-refractivity contribution is -0.207. The number of ether oxygens (including phenoxy) is 4. The van der Waals surface area contributed by atoms with Crippen LogP contribution in [-0.4, -0.2) is 76.8 Å². The van der Waals surface area contributed by atoms with Gasteiger partial charge in [0.25, 0.3) is 5.56 Å². The number of morpholine rings is 1. The van der Waals surface area contributed by atoms with Gasteiger partial charge in [-0.2, -0.15) is 13.2 Å². The lowest BCUT2D eigenvalue weighted by atomic mass is 9.79. The predicted octanol–water partition coefficient (Wildman–Crippen LogP) is 3.27. The third-order valence-electron chi connectivity index (χ3n) is 8.94. The number of methoxy groups -OCH3 is 2. The zero-order chi connectivity index (χ0) is 34.4. The van der Waals surface area contributed by atoms with Crippen LogP contribution in [0.4, 0.5) is 13.2 Å². The van der Waals surface area contributed by atoms with E-state index >= 15 is 0 Å². The van der Waals surface area contributed by atoms with Crippen LogP contribution in [0.25, 0.3) is 0 Å². The van der Waals surface area contributed by atoms with Crippen LogP contribution in [0.15, 0.2) is 94.6 Å². The van der Waals surface area contributed by atoms with Gasteiger partial charge in [-0.1, -0.05) is 54.6 Å². The Bertz CT molecular complexity index is 1860. The molecule has 2 N–H and O–H groups in total. The molecule has 2 bridgehead atoms. The van der Waals surface area contributed by atoms with Gasteiger partial charge in [-0.3, -0.25) is 19.1 Å². The molecule has 0 saturated carbocycles. The van der Waals surface area contributed by atoms with Crippen molar-refractivity contribution >= 4 is 5.91 Å².